The van der Waals surface area contributed by atoms with Gasteiger partial charge in [0.15, 0.2) is 11.5 Å². The largest absolute Gasteiger partial charge is 0.373 e. The molecular weight excluding hydrogens is 316 g/mol. The van der Waals surface area contributed by atoms with Crippen molar-refractivity contribution in [3.63, 3.8) is 0 Å². The van der Waals surface area contributed by atoms with Crippen molar-refractivity contribution in [3.05, 3.63) is 11.6 Å². The molecule has 1 saturated heterocycles. The number of nitrogens with zero attached hydrogens (tertiary/aromatic N) is 4. The zero-order chi connectivity index (χ0) is 16.2. The molecule has 0 bridgehead atoms. The van der Waals surface area contributed by atoms with Crippen molar-refractivity contribution in [2.45, 2.75) is 38.9 Å². The van der Waals surface area contributed by atoms with Crippen molar-refractivity contribution in [1.29, 1.82) is 0 Å². The van der Waals surface area contributed by atoms with Crippen LogP contribution in [0, 0.1) is 0 Å². The number of unbranched alkanes of at least 4 members (excludes halogenated alkanes) is 1. The van der Waals surface area contributed by atoms with Crippen LogP contribution in [0.4, 0.5) is 5.82 Å². The Balaban J connectivity index is 1.43. The van der Waals surface area contributed by atoms with Crippen LogP contribution in [0.1, 0.15) is 26.7 Å². The summed E-state index contributed by atoms with van der Waals surface area (Å²) in [7, 11) is 0. The zero-order valence-corrected chi connectivity index (χ0v) is 14.3. The summed E-state index contributed by atoms with van der Waals surface area (Å²) in [6, 6.07) is 0. The summed E-state index contributed by atoms with van der Waals surface area (Å²) in [6.07, 6.45) is 4.46. The highest BCUT2D eigenvalue weighted by Gasteiger charge is 2.21. The van der Waals surface area contributed by atoms with Gasteiger partial charge in [0.2, 0.25) is 5.28 Å². The highest BCUT2D eigenvalue weighted by molar-refractivity contribution is 6.28. The summed E-state index contributed by atoms with van der Waals surface area (Å²) in [5.41, 5.74) is 1.38. The molecular formula is C15H23ClN6O. The van der Waals surface area contributed by atoms with E-state index in [1.165, 1.54) is 0 Å². The molecule has 3 rings (SSSR count). The third-order valence-electron chi connectivity index (χ3n) is 3.95. The number of nitrogens with one attached hydrogen (secondary N) is 2. The third kappa shape index (κ3) is 4.31. The van der Waals surface area contributed by atoms with E-state index in [0.29, 0.717) is 23.7 Å². The number of hydrogen-bond acceptors (Lipinski definition) is 6. The minimum atomic E-state index is 0.211. The molecule has 7 nitrogen and oxygen atoms in total. The number of aromatic nitrogens is 4. The lowest BCUT2D eigenvalue weighted by Gasteiger charge is -2.35. The number of fused-ring (bicyclic) bond motifs is 1. The van der Waals surface area contributed by atoms with Crippen LogP contribution in [0.2, 0.25) is 5.28 Å². The number of imidazole rings is 1. The molecule has 0 aromatic carbocycles. The molecule has 0 saturated carbocycles. The van der Waals surface area contributed by atoms with Crippen LogP contribution < -0.4 is 5.32 Å². The lowest BCUT2D eigenvalue weighted by molar-refractivity contribution is -0.0681. The fourth-order valence-corrected chi connectivity index (χ4v) is 3.23. The quantitative estimate of drug-likeness (QED) is 0.621. The van der Waals surface area contributed by atoms with E-state index in [0.717, 1.165) is 44.5 Å². The van der Waals surface area contributed by atoms with Crippen molar-refractivity contribution in [2.75, 3.05) is 31.5 Å². The number of H-pyrrole nitrogens is 1. The van der Waals surface area contributed by atoms with Gasteiger partial charge in [-0.25, -0.2) is 4.98 Å². The Morgan fingerprint density at radius 3 is 2.87 bits per heavy atom. The number of halogens is 1. The average Bonchev–Trinajstić information content (AvgIpc) is 2.94. The molecule has 1 aliphatic heterocycles. The predicted molar refractivity (Wildman–Crippen MR) is 90.9 cm³/mol. The summed E-state index contributed by atoms with van der Waals surface area (Å²) in [6.45, 7) is 8.26. The third-order valence-corrected chi connectivity index (χ3v) is 4.12. The molecule has 2 aromatic rings. The molecule has 2 N–H and O–H groups in total. The molecule has 2 unspecified atom stereocenters. The van der Waals surface area contributed by atoms with Gasteiger partial charge in [-0.3, -0.25) is 4.90 Å². The standard InChI is InChI=1S/C15H23ClN6O/c1-10-7-22(8-11(2)23-10)6-4-3-5-17-13-12-14(19-9-18-12)21-15(16)20-13/h9-11H,3-8H2,1-2H3,(H2,17,18,19,20,21). The van der Waals surface area contributed by atoms with E-state index in [-0.39, 0.29) is 5.28 Å². The van der Waals surface area contributed by atoms with Crippen molar-refractivity contribution >= 4 is 28.6 Å². The Bertz CT molecular complexity index is 638. The lowest BCUT2D eigenvalue weighted by Crippen LogP contribution is -2.45. The molecule has 126 valence electrons. The Morgan fingerprint density at radius 1 is 1.30 bits per heavy atom. The van der Waals surface area contributed by atoms with Crippen molar-refractivity contribution in [3.8, 4) is 0 Å². The van der Waals surface area contributed by atoms with Gasteiger partial charge in [-0.15, -0.1) is 0 Å². The summed E-state index contributed by atoms with van der Waals surface area (Å²) >= 11 is 5.92. The minimum absolute atomic E-state index is 0.211. The first-order chi connectivity index (χ1) is 11.1. The van der Waals surface area contributed by atoms with Gasteiger partial charge in [-0.05, 0) is 44.8 Å². The Morgan fingerprint density at radius 2 is 2.09 bits per heavy atom. The lowest BCUT2D eigenvalue weighted by atomic mass is 10.2. The van der Waals surface area contributed by atoms with Crippen LogP contribution in [-0.4, -0.2) is 63.2 Å². The number of aromatic amines is 1. The van der Waals surface area contributed by atoms with Gasteiger partial charge < -0.3 is 15.0 Å². The van der Waals surface area contributed by atoms with Crippen LogP contribution in [0.25, 0.3) is 11.2 Å². The van der Waals surface area contributed by atoms with E-state index in [1.54, 1.807) is 6.33 Å². The van der Waals surface area contributed by atoms with E-state index >= 15 is 0 Å². The molecule has 2 aromatic heterocycles. The maximum Gasteiger partial charge on any atom is 0.226 e. The molecule has 23 heavy (non-hydrogen) atoms. The number of ether oxygens (including phenoxy) is 1. The number of anilines is 1. The maximum atomic E-state index is 5.92. The number of morpholine rings is 1. The second kappa shape index (κ2) is 7.42. The molecule has 2 atom stereocenters. The summed E-state index contributed by atoms with van der Waals surface area (Å²) < 4.78 is 5.76. The molecule has 1 aliphatic rings. The van der Waals surface area contributed by atoms with E-state index in [4.69, 9.17) is 16.3 Å². The highest BCUT2D eigenvalue weighted by atomic mass is 35.5. The molecule has 0 spiro atoms. The van der Waals surface area contributed by atoms with Gasteiger partial charge in [0.25, 0.3) is 0 Å². The topological polar surface area (TPSA) is 79.0 Å². The van der Waals surface area contributed by atoms with Crippen LogP contribution >= 0.6 is 11.6 Å². The van der Waals surface area contributed by atoms with Crippen molar-refractivity contribution < 1.29 is 4.74 Å². The highest BCUT2D eigenvalue weighted by Crippen LogP contribution is 2.18. The first-order valence-corrected chi connectivity index (χ1v) is 8.48. The second-order valence-corrected chi connectivity index (χ2v) is 6.43. The van der Waals surface area contributed by atoms with Gasteiger partial charge in [-0.2, -0.15) is 9.97 Å². The van der Waals surface area contributed by atoms with Crippen molar-refractivity contribution in [2.24, 2.45) is 0 Å². The number of rotatable bonds is 6. The molecule has 0 aliphatic carbocycles. The maximum absolute atomic E-state index is 5.92. The minimum Gasteiger partial charge on any atom is -0.373 e. The fraction of sp³-hybridized carbons (Fsp3) is 0.667. The second-order valence-electron chi connectivity index (χ2n) is 6.09. The molecule has 3 heterocycles. The predicted octanol–water partition coefficient (Wildman–Crippen LogP) is 2.31. The molecule has 1 fully saturated rings. The first-order valence-electron chi connectivity index (χ1n) is 8.10. The van der Waals surface area contributed by atoms with Gasteiger partial charge in [0.1, 0.15) is 5.52 Å². The smallest absolute Gasteiger partial charge is 0.226 e. The monoisotopic (exact) mass is 338 g/mol. The normalized spacial score (nSPS) is 22.6. The van der Waals surface area contributed by atoms with E-state index in [1.807, 2.05) is 0 Å². The molecule has 0 amide bonds. The van der Waals surface area contributed by atoms with Crippen LogP contribution in [0.15, 0.2) is 6.33 Å². The SMILES string of the molecule is CC1CN(CCCCNc2nc(Cl)nc3nc[nH]c23)CC(C)O1. The first kappa shape index (κ1) is 16.4. The molecule has 0 radical (unpaired) electrons. The van der Waals surface area contributed by atoms with Gasteiger partial charge >= 0.3 is 0 Å². The zero-order valence-electron chi connectivity index (χ0n) is 13.5. The Labute approximate surface area is 140 Å². The van der Waals surface area contributed by atoms with Crippen LogP contribution in [0.5, 0.6) is 0 Å². The Hall–Kier alpha value is -1.44. The average molecular weight is 339 g/mol. The summed E-state index contributed by atoms with van der Waals surface area (Å²) in [4.78, 5) is 17.9. The van der Waals surface area contributed by atoms with Gasteiger partial charge in [0.05, 0.1) is 18.5 Å². The summed E-state index contributed by atoms with van der Waals surface area (Å²) in [5.74, 6) is 0.714. The fourth-order valence-electron chi connectivity index (χ4n) is 3.07. The van der Waals surface area contributed by atoms with Gasteiger partial charge in [-0.1, -0.05) is 0 Å². The molecule has 8 heteroatoms. The number of hydrogen-bond donors (Lipinski definition) is 2. The van der Waals surface area contributed by atoms with Crippen molar-refractivity contribution in [1.82, 2.24) is 24.8 Å². The Kier molecular flexibility index (Phi) is 5.30. The van der Waals surface area contributed by atoms with Gasteiger partial charge in [0, 0.05) is 19.6 Å². The van der Waals surface area contributed by atoms with E-state index < -0.39 is 0 Å². The van der Waals surface area contributed by atoms with Crippen LogP contribution in [-0.2, 0) is 4.74 Å². The van der Waals surface area contributed by atoms with E-state index in [2.05, 4.69) is 44.0 Å². The summed E-state index contributed by atoms with van der Waals surface area (Å²) in [5, 5.41) is 3.53. The van der Waals surface area contributed by atoms with E-state index in [9.17, 15) is 0 Å². The van der Waals surface area contributed by atoms with Crippen LogP contribution in [0.3, 0.4) is 0 Å².